The standard InChI is InChI=1S/C48H91NO3/c1-4-7-10-13-16-19-21-23-25-27-29-31-34-37-40-43-47(50)49-46(42-39-36-33-18-15-12-9-6-3)45-52-48(51)44-41-38-35-32-30-28-26-24-22-20-17-14-11-8-5-2/h23-26,46H,4-22,27-45H2,1-3H3,(H,49,50)/b25-23+,26-24+. The zero-order valence-corrected chi connectivity index (χ0v) is 35.5. The first-order valence-electron chi connectivity index (χ1n) is 23.4. The second kappa shape index (κ2) is 43.8. The van der Waals surface area contributed by atoms with E-state index < -0.39 is 0 Å². The molecule has 0 fully saturated rings. The monoisotopic (exact) mass is 730 g/mol. The lowest BCUT2D eigenvalue weighted by Gasteiger charge is -2.19. The van der Waals surface area contributed by atoms with Gasteiger partial charge in [0.25, 0.3) is 0 Å². The van der Waals surface area contributed by atoms with Crippen molar-refractivity contribution in [2.24, 2.45) is 0 Å². The van der Waals surface area contributed by atoms with Crippen LogP contribution < -0.4 is 5.32 Å². The Morgan fingerprint density at radius 1 is 0.423 bits per heavy atom. The highest BCUT2D eigenvalue weighted by molar-refractivity contribution is 5.76. The van der Waals surface area contributed by atoms with Crippen LogP contribution in [0.15, 0.2) is 24.3 Å². The normalized spacial score (nSPS) is 12.3. The highest BCUT2D eigenvalue weighted by Crippen LogP contribution is 2.14. The van der Waals surface area contributed by atoms with Gasteiger partial charge in [-0.2, -0.15) is 0 Å². The largest absolute Gasteiger partial charge is 0.463 e. The summed E-state index contributed by atoms with van der Waals surface area (Å²) < 4.78 is 5.71. The van der Waals surface area contributed by atoms with Crippen LogP contribution >= 0.6 is 0 Å². The quantitative estimate of drug-likeness (QED) is 0.0387. The third-order valence-corrected chi connectivity index (χ3v) is 10.5. The van der Waals surface area contributed by atoms with Gasteiger partial charge in [0.15, 0.2) is 0 Å². The number of unbranched alkanes of at least 4 members (excludes halogenated alkanes) is 29. The summed E-state index contributed by atoms with van der Waals surface area (Å²) in [7, 11) is 0. The molecule has 0 bridgehead atoms. The molecule has 0 aromatic rings. The summed E-state index contributed by atoms with van der Waals surface area (Å²) in [5.41, 5.74) is 0. The van der Waals surface area contributed by atoms with Crippen LogP contribution in [-0.2, 0) is 14.3 Å². The van der Waals surface area contributed by atoms with E-state index in [0.29, 0.717) is 19.4 Å². The Balaban J connectivity index is 4.12. The molecule has 0 aromatic carbocycles. The molecule has 0 spiro atoms. The van der Waals surface area contributed by atoms with Crippen molar-refractivity contribution in [3.05, 3.63) is 24.3 Å². The molecule has 0 heterocycles. The summed E-state index contributed by atoms with van der Waals surface area (Å²) in [6, 6.07) is -0.0613. The Bertz CT molecular complexity index is 790. The Hall–Kier alpha value is -1.58. The minimum absolute atomic E-state index is 0.0613. The number of esters is 1. The molecule has 1 amide bonds. The SMILES string of the molecule is CCCCCCCC/C=C/CCCCCCCC(=O)NC(CCCCCCCCCC)COC(=O)CCCCCCC/C=C/CCCCCCCC. The van der Waals surface area contributed by atoms with Crippen molar-refractivity contribution in [1.82, 2.24) is 5.32 Å². The first-order valence-corrected chi connectivity index (χ1v) is 23.4. The number of carbonyl (C=O) groups is 2. The number of ether oxygens (including phenoxy) is 1. The number of allylic oxidation sites excluding steroid dienone is 4. The van der Waals surface area contributed by atoms with Crippen LogP contribution in [0, 0.1) is 0 Å². The van der Waals surface area contributed by atoms with Gasteiger partial charge in [-0.1, -0.05) is 199 Å². The van der Waals surface area contributed by atoms with Gasteiger partial charge in [0.2, 0.25) is 5.91 Å². The van der Waals surface area contributed by atoms with Crippen LogP contribution in [-0.4, -0.2) is 24.5 Å². The Morgan fingerprint density at radius 2 is 0.750 bits per heavy atom. The maximum absolute atomic E-state index is 12.8. The van der Waals surface area contributed by atoms with Gasteiger partial charge in [0, 0.05) is 12.8 Å². The number of amides is 1. The number of carbonyl (C=O) groups excluding carboxylic acids is 2. The van der Waals surface area contributed by atoms with Crippen LogP contribution in [0.2, 0.25) is 0 Å². The molecule has 1 atom stereocenters. The molecule has 1 unspecified atom stereocenters. The summed E-state index contributed by atoms with van der Waals surface area (Å²) in [6.45, 7) is 7.13. The molecule has 0 rings (SSSR count). The molecule has 0 aliphatic heterocycles. The van der Waals surface area contributed by atoms with E-state index >= 15 is 0 Å². The molecule has 52 heavy (non-hydrogen) atoms. The summed E-state index contributed by atoms with van der Waals surface area (Å²) in [6.07, 6.45) is 54.3. The third kappa shape index (κ3) is 41.2. The first kappa shape index (κ1) is 50.4. The Labute approximate surface area is 325 Å². The lowest BCUT2D eigenvalue weighted by atomic mass is 10.0. The van der Waals surface area contributed by atoms with E-state index in [1.807, 2.05) is 0 Å². The molecule has 0 aliphatic rings. The summed E-state index contributed by atoms with van der Waals surface area (Å²) >= 11 is 0. The molecular formula is C48H91NO3. The second-order valence-electron chi connectivity index (χ2n) is 15.9. The van der Waals surface area contributed by atoms with E-state index in [4.69, 9.17) is 4.74 Å². The first-order chi connectivity index (χ1) is 25.6. The van der Waals surface area contributed by atoms with Gasteiger partial charge in [-0.3, -0.25) is 9.59 Å². The zero-order chi connectivity index (χ0) is 37.8. The average Bonchev–Trinajstić information content (AvgIpc) is 3.14. The smallest absolute Gasteiger partial charge is 0.305 e. The molecule has 4 heteroatoms. The van der Waals surface area contributed by atoms with Crippen LogP contribution in [0.4, 0.5) is 0 Å². The number of rotatable bonds is 42. The van der Waals surface area contributed by atoms with Crippen molar-refractivity contribution >= 4 is 11.9 Å². The topological polar surface area (TPSA) is 55.4 Å². The summed E-state index contributed by atoms with van der Waals surface area (Å²) in [5, 5.41) is 3.23. The van der Waals surface area contributed by atoms with E-state index in [0.717, 1.165) is 38.5 Å². The van der Waals surface area contributed by atoms with E-state index in [2.05, 4.69) is 50.4 Å². The number of hydrogen-bond acceptors (Lipinski definition) is 3. The van der Waals surface area contributed by atoms with Crippen molar-refractivity contribution in [2.75, 3.05) is 6.61 Å². The van der Waals surface area contributed by atoms with Gasteiger partial charge < -0.3 is 10.1 Å². The zero-order valence-electron chi connectivity index (χ0n) is 35.5. The van der Waals surface area contributed by atoms with Crippen LogP contribution in [0.5, 0.6) is 0 Å². The predicted molar refractivity (Wildman–Crippen MR) is 229 cm³/mol. The fraction of sp³-hybridized carbons (Fsp3) is 0.875. The number of hydrogen-bond donors (Lipinski definition) is 1. The van der Waals surface area contributed by atoms with Gasteiger partial charge in [-0.05, 0) is 70.6 Å². The fourth-order valence-corrected chi connectivity index (χ4v) is 6.98. The molecule has 0 aromatic heterocycles. The highest BCUT2D eigenvalue weighted by Gasteiger charge is 2.15. The minimum Gasteiger partial charge on any atom is -0.463 e. The molecule has 306 valence electrons. The van der Waals surface area contributed by atoms with Crippen molar-refractivity contribution in [1.29, 1.82) is 0 Å². The minimum atomic E-state index is -0.106. The summed E-state index contributed by atoms with van der Waals surface area (Å²) in [4.78, 5) is 25.4. The van der Waals surface area contributed by atoms with Gasteiger partial charge in [-0.25, -0.2) is 0 Å². The summed E-state index contributed by atoms with van der Waals surface area (Å²) in [5.74, 6) is 0.0144. The third-order valence-electron chi connectivity index (χ3n) is 10.5. The predicted octanol–water partition coefficient (Wildman–Crippen LogP) is 15.6. The Morgan fingerprint density at radius 3 is 1.15 bits per heavy atom. The van der Waals surface area contributed by atoms with Crippen molar-refractivity contribution in [3.8, 4) is 0 Å². The Kier molecular flexibility index (Phi) is 42.5. The van der Waals surface area contributed by atoms with E-state index in [9.17, 15) is 9.59 Å². The van der Waals surface area contributed by atoms with E-state index in [1.54, 1.807) is 0 Å². The molecule has 0 aliphatic carbocycles. The molecule has 4 nitrogen and oxygen atoms in total. The molecule has 0 radical (unpaired) electrons. The average molecular weight is 730 g/mol. The fourth-order valence-electron chi connectivity index (χ4n) is 6.98. The van der Waals surface area contributed by atoms with Gasteiger partial charge >= 0.3 is 5.97 Å². The van der Waals surface area contributed by atoms with Gasteiger partial charge in [0.1, 0.15) is 6.61 Å². The van der Waals surface area contributed by atoms with Crippen LogP contribution in [0.1, 0.15) is 258 Å². The second-order valence-corrected chi connectivity index (χ2v) is 15.9. The number of nitrogens with one attached hydrogen (secondary N) is 1. The molecule has 0 saturated carbocycles. The maximum Gasteiger partial charge on any atom is 0.305 e. The van der Waals surface area contributed by atoms with Gasteiger partial charge in [-0.15, -0.1) is 0 Å². The molecular weight excluding hydrogens is 639 g/mol. The molecule has 1 N–H and O–H groups in total. The lowest BCUT2D eigenvalue weighted by Crippen LogP contribution is -2.38. The molecule has 0 saturated heterocycles. The van der Waals surface area contributed by atoms with Crippen molar-refractivity contribution in [3.63, 3.8) is 0 Å². The van der Waals surface area contributed by atoms with E-state index in [1.165, 1.54) is 186 Å². The van der Waals surface area contributed by atoms with Crippen molar-refractivity contribution < 1.29 is 14.3 Å². The van der Waals surface area contributed by atoms with Crippen LogP contribution in [0.25, 0.3) is 0 Å². The van der Waals surface area contributed by atoms with Crippen LogP contribution in [0.3, 0.4) is 0 Å². The lowest BCUT2D eigenvalue weighted by molar-refractivity contribution is -0.145. The highest BCUT2D eigenvalue weighted by atomic mass is 16.5. The van der Waals surface area contributed by atoms with Gasteiger partial charge in [0.05, 0.1) is 6.04 Å². The van der Waals surface area contributed by atoms with E-state index in [-0.39, 0.29) is 17.9 Å². The van der Waals surface area contributed by atoms with Crippen molar-refractivity contribution in [2.45, 2.75) is 264 Å². The maximum atomic E-state index is 12.8.